The van der Waals surface area contributed by atoms with Crippen LogP contribution in [0, 0.1) is 0 Å². The number of carbonyl (C=O) groups is 1. The van der Waals surface area contributed by atoms with Crippen LogP contribution in [0.2, 0.25) is 0 Å². The van der Waals surface area contributed by atoms with E-state index in [9.17, 15) is 4.79 Å². The Bertz CT molecular complexity index is 243. The first kappa shape index (κ1) is 8.73. The molecule has 1 aromatic rings. The molecule has 66 valence electrons. The van der Waals surface area contributed by atoms with Gasteiger partial charge in [-0.25, -0.2) is 0 Å². The fourth-order valence-corrected chi connectivity index (χ4v) is 0.661. The molecule has 0 saturated carbocycles. The lowest BCUT2D eigenvalue weighted by molar-refractivity contribution is 0.0915. The molecule has 5 heteroatoms. The summed E-state index contributed by atoms with van der Waals surface area (Å²) in [4.78, 5) is 11.1. The summed E-state index contributed by atoms with van der Waals surface area (Å²) in [7, 11) is 0. The summed E-state index contributed by atoms with van der Waals surface area (Å²) < 4.78 is 4.47. The predicted octanol–water partition coefficient (Wildman–Crippen LogP) is -0.215. The van der Waals surface area contributed by atoms with E-state index in [2.05, 4.69) is 15.0 Å². The van der Waals surface area contributed by atoms with Crippen LogP contribution < -0.4 is 5.32 Å². The molecule has 0 aromatic carbocycles. The van der Waals surface area contributed by atoms with E-state index in [0.29, 0.717) is 0 Å². The molecule has 0 saturated heterocycles. The molecular weight excluding hydrogens is 160 g/mol. The summed E-state index contributed by atoms with van der Waals surface area (Å²) in [5, 5.41) is 14.7. The summed E-state index contributed by atoms with van der Waals surface area (Å²) >= 11 is 0. The van der Waals surface area contributed by atoms with Crippen molar-refractivity contribution in [2.24, 2.45) is 0 Å². The molecule has 0 spiro atoms. The van der Waals surface area contributed by atoms with Gasteiger partial charge >= 0.3 is 0 Å². The van der Waals surface area contributed by atoms with E-state index < -0.39 is 6.10 Å². The number of hydrogen-bond acceptors (Lipinski definition) is 4. The lowest BCUT2D eigenvalue weighted by atomic mass is 10.3. The van der Waals surface area contributed by atoms with Gasteiger partial charge in [0, 0.05) is 12.6 Å². The first-order valence-electron chi connectivity index (χ1n) is 3.57. The number of rotatable bonds is 3. The highest BCUT2D eigenvalue weighted by atomic mass is 16.5. The number of nitrogens with zero attached hydrogens (tertiary/aromatic N) is 1. The molecule has 12 heavy (non-hydrogen) atoms. The summed E-state index contributed by atoms with van der Waals surface area (Å²) in [6, 6.07) is 1.46. The minimum absolute atomic E-state index is 0.214. The SMILES string of the molecule is C[C@@H](O)CNC(=O)c1ccon1. The van der Waals surface area contributed by atoms with E-state index in [1.165, 1.54) is 12.3 Å². The van der Waals surface area contributed by atoms with Crippen molar-refractivity contribution in [3.63, 3.8) is 0 Å². The van der Waals surface area contributed by atoms with Crippen LogP contribution in [-0.2, 0) is 0 Å². The van der Waals surface area contributed by atoms with Crippen molar-refractivity contribution in [1.82, 2.24) is 10.5 Å². The van der Waals surface area contributed by atoms with Crippen LogP contribution >= 0.6 is 0 Å². The largest absolute Gasteiger partial charge is 0.392 e. The monoisotopic (exact) mass is 170 g/mol. The first-order valence-corrected chi connectivity index (χ1v) is 3.57. The van der Waals surface area contributed by atoms with Crippen molar-refractivity contribution in [2.75, 3.05) is 6.54 Å². The highest BCUT2D eigenvalue weighted by molar-refractivity contribution is 5.91. The molecule has 0 aliphatic heterocycles. The van der Waals surface area contributed by atoms with Crippen molar-refractivity contribution >= 4 is 5.91 Å². The number of aliphatic hydroxyl groups excluding tert-OH is 1. The number of aliphatic hydroxyl groups is 1. The lowest BCUT2D eigenvalue weighted by Gasteiger charge is -2.03. The molecule has 0 bridgehead atoms. The van der Waals surface area contributed by atoms with Gasteiger partial charge < -0.3 is 14.9 Å². The summed E-state index contributed by atoms with van der Waals surface area (Å²) in [6.45, 7) is 1.80. The second-order valence-corrected chi connectivity index (χ2v) is 2.44. The molecule has 0 aliphatic carbocycles. The molecule has 0 fully saturated rings. The average molecular weight is 170 g/mol. The Kier molecular flexibility index (Phi) is 2.82. The molecule has 1 aromatic heterocycles. The Balaban J connectivity index is 2.40. The van der Waals surface area contributed by atoms with Gasteiger partial charge in [0.25, 0.3) is 5.91 Å². The van der Waals surface area contributed by atoms with E-state index in [4.69, 9.17) is 5.11 Å². The molecule has 2 N–H and O–H groups in total. The Hall–Kier alpha value is -1.36. The molecular formula is C7H10N2O3. The van der Waals surface area contributed by atoms with E-state index in [-0.39, 0.29) is 18.1 Å². The van der Waals surface area contributed by atoms with Crippen LogP contribution in [0.4, 0.5) is 0 Å². The van der Waals surface area contributed by atoms with Crippen LogP contribution in [0.15, 0.2) is 16.9 Å². The minimum atomic E-state index is -0.555. The van der Waals surface area contributed by atoms with Gasteiger partial charge in [-0.3, -0.25) is 4.79 Å². The van der Waals surface area contributed by atoms with Crippen molar-refractivity contribution in [2.45, 2.75) is 13.0 Å². The molecule has 1 rings (SSSR count). The maximum Gasteiger partial charge on any atom is 0.273 e. The van der Waals surface area contributed by atoms with Crippen molar-refractivity contribution in [3.8, 4) is 0 Å². The van der Waals surface area contributed by atoms with E-state index >= 15 is 0 Å². The normalized spacial score (nSPS) is 12.5. The van der Waals surface area contributed by atoms with Gasteiger partial charge in [0.1, 0.15) is 6.26 Å². The standard InChI is InChI=1S/C7H10N2O3/c1-5(10)4-8-7(11)6-2-3-12-9-6/h2-3,5,10H,4H2,1H3,(H,8,11)/t5-/m1/s1. The summed E-state index contributed by atoms with van der Waals surface area (Å²) in [5.41, 5.74) is 0.218. The fraction of sp³-hybridized carbons (Fsp3) is 0.429. The van der Waals surface area contributed by atoms with Crippen LogP contribution in [0.1, 0.15) is 17.4 Å². The second-order valence-electron chi connectivity index (χ2n) is 2.44. The van der Waals surface area contributed by atoms with E-state index in [1.807, 2.05) is 0 Å². The van der Waals surface area contributed by atoms with Crippen LogP contribution in [0.5, 0.6) is 0 Å². The Morgan fingerprint density at radius 1 is 1.92 bits per heavy atom. The quantitative estimate of drug-likeness (QED) is 0.657. The zero-order valence-corrected chi connectivity index (χ0v) is 6.65. The predicted molar refractivity (Wildman–Crippen MR) is 40.5 cm³/mol. The van der Waals surface area contributed by atoms with Crippen LogP contribution in [-0.4, -0.2) is 28.8 Å². The third-order valence-corrected chi connectivity index (χ3v) is 1.23. The van der Waals surface area contributed by atoms with Gasteiger partial charge in [-0.15, -0.1) is 0 Å². The first-order chi connectivity index (χ1) is 5.70. The van der Waals surface area contributed by atoms with E-state index in [1.54, 1.807) is 6.92 Å². The number of hydrogen-bond donors (Lipinski definition) is 2. The van der Waals surface area contributed by atoms with Gasteiger partial charge in [-0.05, 0) is 6.92 Å². The zero-order chi connectivity index (χ0) is 8.97. The third kappa shape index (κ3) is 2.35. The fourth-order valence-electron chi connectivity index (χ4n) is 0.661. The number of nitrogens with one attached hydrogen (secondary N) is 1. The Morgan fingerprint density at radius 2 is 2.67 bits per heavy atom. The van der Waals surface area contributed by atoms with Crippen LogP contribution in [0.3, 0.4) is 0 Å². The Labute approximate surface area is 69.4 Å². The zero-order valence-electron chi connectivity index (χ0n) is 6.65. The number of amides is 1. The molecule has 1 heterocycles. The van der Waals surface area contributed by atoms with Crippen molar-refractivity contribution in [1.29, 1.82) is 0 Å². The number of aromatic nitrogens is 1. The van der Waals surface area contributed by atoms with Crippen molar-refractivity contribution < 1.29 is 14.4 Å². The maximum atomic E-state index is 11.1. The molecule has 1 atom stereocenters. The number of carbonyl (C=O) groups excluding carboxylic acids is 1. The molecule has 5 nitrogen and oxygen atoms in total. The van der Waals surface area contributed by atoms with Gasteiger partial charge in [-0.2, -0.15) is 0 Å². The molecule has 0 unspecified atom stereocenters. The van der Waals surface area contributed by atoms with Gasteiger partial charge in [-0.1, -0.05) is 5.16 Å². The second kappa shape index (κ2) is 3.87. The Morgan fingerprint density at radius 3 is 3.17 bits per heavy atom. The molecule has 1 amide bonds. The summed E-state index contributed by atoms with van der Waals surface area (Å²) in [5.74, 6) is -0.343. The summed E-state index contributed by atoms with van der Waals surface area (Å²) in [6.07, 6.45) is 0.762. The van der Waals surface area contributed by atoms with Crippen LogP contribution in [0.25, 0.3) is 0 Å². The topological polar surface area (TPSA) is 75.4 Å². The highest BCUT2D eigenvalue weighted by Crippen LogP contribution is 1.93. The minimum Gasteiger partial charge on any atom is -0.392 e. The molecule has 0 radical (unpaired) electrons. The smallest absolute Gasteiger partial charge is 0.273 e. The van der Waals surface area contributed by atoms with Gasteiger partial charge in [0.2, 0.25) is 0 Å². The highest BCUT2D eigenvalue weighted by Gasteiger charge is 2.08. The van der Waals surface area contributed by atoms with Gasteiger partial charge in [0.15, 0.2) is 5.69 Å². The van der Waals surface area contributed by atoms with Gasteiger partial charge in [0.05, 0.1) is 6.10 Å². The average Bonchev–Trinajstić information content (AvgIpc) is 2.51. The molecule has 0 aliphatic rings. The third-order valence-electron chi connectivity index (χ3n) is 1.23. The van der Waals surface area contributed by atoms with Crippen molar-refractivity contribution in [3.05, 3.63) is 18.0 Å². The maximum absolute atomic E-state index is 11.1. The lowest BCUT2D eigenvalue weighted by Crippen LogP contribution is -2.30. The van der Waals surface area contributed by atoms with E-state index in [0.717, 1.165) is 0 Å².